The molecule has 6 heteroatoms. The van der Waals surface area contributed by atoms with Crippen molar-refractivity contribution in [3.63, 3.8) is 0 Å². The Bertz CT molecular complexity index is 605. The summed E-state index contributed by atoms with van der Waals surface area (Å²) >= 11 is 1.42. The van der Waals surface area contributed by atoms with Crippen molar-refractivity contribution in [3.8, 4) is 0 Å². The fourth-order valence-electron chi connectivity index (χ4n) is 2.32. The lowest BCUT2D eigenvalue weighted by Crippen LogP contribution is -2.45. The van der Waals surface area contributed by atoms with Gasteiger partial charge in [0.15, 0.2) is 0 Å². The van der Waals surface area contributed by atoms with Gasteiger partial charge in [0.25, 0.3) is 5.91 Å². The summed E-state index contributed by atoms with van der Waals surface area (Å²) in [7, 11) is 0. The first kappa shape index (κ1) is 15.9. The molecule has 2 aromatic heterocycles. The summed E-state index contributed by atoms with van der Waals surface area (Å²) in [6, 6.07) is 2.12. The number of rotatable bonds is 2. The Balaban J connectivity index is 0.000000774. The zero-order chi connectivity index (χ0) is 15.2. The van der Waals surface area contributed by atoms with Gasteiger partial charge in [-0.25, -0.2) is 9.97 Å². The number of hydrogen-bond acceptors (Lipinski definition) is 5. The Morgan fingerprint density at radius 1 is 1.43 bits per heavy atom. The van der Waals surface area contributed by atoms with Crippen LogP contribution in [-0.2, 0) is 0 Å². The van der Waals surface area contributed by atoms with E-state index in [-0.39, 0.29) is 11.9 Å². The maximum atomic E-state index is 12.2. The van der Waals surface area contributed by atoms with Gasteiger partial charge in [0, 0.05) is 23.7 Å². The molecule has 0 bridgehead atoms. The average molecular weight is 306 g/mol. The summed E-state index contributed by atoms with van der Waals surface area (Å²) in [5.41, 5.74) is 0.916. The number of aryl methyl sites for hydroxylation is 1. The number of hydrogen-bond donors (Lipinski definition) is 2. The molecule has 0 spiro atoms. The normalized spacial score (nSPS) is 18.0. The highest BCUT2D eigenvalue weighted by Gasteiger charge is 2.18. The van der Waals surface area contributed by atoms with Gasteiger partial charge in [0.2, 0.25) is 0 Å². The molecule has 3 heterocycles. The van der Waals surface area contributed by atoms with Crippen LogP contribution in [0.2, 0.25) is 0 Å². The molecule has 1 aliphatic heterocycles. The van der Waals surface area contributed by atoms with Crippen molar-refractivity contribution in [2.75, 3.05) is 13.1 Å². The van der Waals surface area contributed by atoms with Gasteiger partial charge >= 0.3 is 0 Å². The molecule has 5 nitrogen and oxygen atoms in total. The zero-order valence-corrected chi connectivity index (χ0v) is 13.6. The zero-order valence-electron chi connectivity index (χ0n) is 12.8. The molecule has 2 aromatic rings. The van der Waals surface area contributed by atoms with Gasteiger partial charge in [0.05, 0.1) is 4.88 Å². The van der Waals surface area contributed by atoms with E-state index in [1.54, 1.807) is 6.33 Å². The monoisotopic (exact) mass is 306 g/mol. The van der Waals surface area contributed by atoms with Crippen LogP contribution < -0.4 is 10.6 Å². The van der Waals surface area contributed by atoms with Crippen LogP contribution in [-0.4, -0.2) is 35.0 Å². The summed E-state index contributed by atoms with van der Waals surface area (Å²) in [4.78, 5) is 22.2. The number of fused-ring (bicyclic) bond motifs is 1. The second-order valence-electron chi connectivity index (χ2n) is 4.81. The van der Waals surface area contributed by atoms with Crippen molar-refractivity contribution in [2.24, 2.45) is 0 Å². The largest absolute Gasteiger partial charge is 0.347 e. The molecule has 1 atom stereocenters. The van der Waals surface area contributed by atoms with Crippen LogP contribution >= 0.6 is 11.3 Å². The number of piperidine rings is 1. The number of nitrogens with one attached hydrogen (secondary N) is 2. The predicted molar refractivity (Wildman–Crippen MR) is 86.9 cm³/mol. The number of nitrogens with zero attached hydrogens (tertiary/aromatic N) is 2. The molecule has 3 rings (SSSR count). The molecule has 1 saturated heterocycles. The van der Waals surface area contributed by atoms with E-state index in [1.165, 1.54) is 11.3 Å². The second-order valence-corrected chi connectivity index (χ2v) is 5.84. The fraction of sp³-hybridized carbons (Fsp3) is 0.533. The first-order chi connectivity index (χ1) is 10.2. The molecule has 1 fully saturated rings. The number of carbonyl (C=O) groups is 1. The average Bonchev–Trinajstić information content (AvgIpc) is 2.96. The van der Waals surface area contributed by atoms with Crippen molar-refractivity contribution >= 4 is 27.5 Å². The van der Waals surface area contributed by atoms with Gasteiger partial charge in [-0.05, 0) is 32.4 Å². The predicted octanol–water partition coefficient (Wildman–Crippen LogP) is 2.51. The highest BCUT2D eigenvalue weighted by Crippen LogP contribution is 2.25. The highest BCUT2D eigenvalue weighted by atomic mass is 32.1. The summed E-state index contributed by atoms with van der Waals surface area (Å²) in [6.45, 7) is 7.84. The summed E-state index contributed by atoms with van der Waals surface area (Å²) < 4.78 is 0. The first-order valence-electron chi connectivity index (χ1n) is 7.47. The van der Waals surface area contributed by atoms with Crippen LogP contribution in [0.25, 0.3) is 10.2 Å². The molecule has 0 saturated carbocycles. The SMILES string of the molecule is CC.Cc1ncnc2sc(C(=O)NC3CCCNC3)cc12. The topological polar surface area (TPSA) is 66.9 Å². The van der Waals surface area contributed by atoms with Gasteiger partial charge in [-0.15, -0.1) is 11.3 Å². The van der Waals surface area contributed by atoms with E-state index in [1.807, 2.05) is 26.8 Å². The third kappa shape index (κ3) is 3.77. The minimum absolute atomic E-state index is 0.00361. The fourth-order valence-corrected chi connectivity index (χ4v) is 3.27. The van der Waals surface area contributed by atoms with Crippen molar-refractivity contribution in [1.29, 1.82) is 0 Å². The summed E-state index contributed by atoms with van der Waals surface area (Å²) in [5.74, 6) is -0.00361. The number of amides is 1. The third-order valence-corrected chi connectivity index (χ3v) is 4.43. The smallest absolute Gasteiger partial charge is 0.261 e. The van der Waals surface area contributed by atoms with Crippen LogP contribution in [0.3, 0.4) is 0 Å². The maximum Gasteiger partial charge on any atom is 0.261 e. The molecular weight excluding hydrogens is 284 g/mol. The van der Waals surface area contributed by atoms with Crippen molar-refractivity contribution < 1.29 is 4.79 Å². The van der Waals surface area contributed by atoms with Crippen molar-refractivity contribution in [3.05, 3.63) is 23.0 Å². The van der Waals surface area contributed by atoms with Gasteiger partial charge in [-0.3, -0.25) is 4.79 Å². The van der Waals surface area contributed by atoms with Gasteiger partial charge in [-0.1, -0.05) is 13.8 Å². The van der Waals surface area contributed by atoms with Gasteiger partial charge in [0.1, 0.15) is 11.2 Å². The molecule has 0 aliphatic carbocycles. The maximum absolute atomic E-state index is 12.2. The van der Waals surface area contributed by atoms with Crippen LogP contribution in [0.1, 0.15) is 42.1 Å². The molecule has 0 aromatic carbocycles. The third-order valence-electron chi connectivity index (χ3n) is 3.38. The Morgan fingerprint density at radius 3 is 2.90 bits per heavy atom. The van der Waals surface area contributed by atoms with Crippen LogP contribution in [0, 0.1) is 6.92 Å². The molecule has 21 heavy (non-hydrogen) atoms. The minimum atomic E-state index is -0.00361. The Morgan fingerprint density at radius 2 is 2.24 bits per heavy atom. The van der Waals surface area contributed by atoms with Gasteiger partial charge in [-0.2, -0.15) is 0 Å². The van der Waals surface area contributed by atoms with E-state index < -0.39 is 0 Å². The van der Waals surface area contributed by atoms with E-state index in [9.17, 15) is 4.79 Å². The lowest BCUT2D eigenvalue weighted by atomic mass is 10.1. The van der Waals surface area contributed by atoms with E-state index in [4.69, 9.17) is 0 Å². The molecular formula is C15H22N4OS. The highest BCUT2D eigenvalue weighted by molar-refractivity contribution is 7.20. The minimum Gasteiger partial charge on any atom is -0.347 e. The molecule has 1 unspecified atom stereocenters. The molecule has 1 amide bonds. The number of carbonyl (C=O) groups excluding carboxylic acids is 1. The van der Waals surface area contributed by atoms with E-state index in [2.05, 4.69) is 20.6 Å². The Labute approximate surface area is 129 Å². The Kier molecular flexibility index (Phi) is 5.64. The lowest BCUT2D eigenvalue weighted by molar-refractivity contribution is 0.0935. The quantitative estimate of drug-likeness (QED) is 0.894. The van der Waals surface area contributed by atoms with Crippen LogP contribution in [0.4, 0.5) is 0 Å². The van der Waals surface area contributed by atoms with E-state index >= 15 is 0 Å². The summed E-state index contributed by atoms with van der Waals surface area (Å²) in [6.07, 6.45) is 3.70. The lowest BCUT2D eigenvalue weighted by Gasteiger charge is -2.23. The summed E-state index contributed by atoms with van der Waals surface area (Å²) in [5, 5.41) is 7.34. The van der Waals surface area contributed by atoms with Crippen molar-refractivity contribution in [1.82, 2.24) is 20.6 Å². The van der Waals surface area contributed by atoms with Crippen molar-refractivity contribution in [2.45, 2.75) is 39.7 Å². The number of thiophene rings is 1. The molecule has 1 aliphatic rings. The molecule has 0 radical (unpaired) electrons. The van der Waals surface area contributed by atoms with E-state index in [0.29, 0.717) is 4.88 Å². The van der Waals surface area contributed by atoms with Crippen LogP contribution in [0.5, 0.6) is 0 Å². The second kappa shape index (κ2) is 7.47. The molecule has 114 valence electrons. The van der Waals surface area contributed by atoms with E-state index in [0.717, 1.165) is 41.8 Å². The first-order valence-corrected chi connectivity index (χ1v) is 8.28. The standard InChI is InChI=1S/C13H16N4OS.C2H6/c1-8-10-5-11(19-13(10)16-7-15-8)12(18)17-9-3-2-4-14-6-9;1-2/h5,7,9,14H,2-4,6H2,1H3,(H,17,18);1-2H3. The molecule has 2 N–H and O–H groups in total. The Hall–Kier alpha value is -1.53. The van der Waals surface area contributed by atoms with Crippen LogP contribution in [0.15, 0.2) is 12.4 Å². The number of aromatic nitrogens is 2. The van der Waals surface area contributed by atoms with Gasteiger partial charge < -0.3 is 10.6 Å².